The summed E-state index contributed by atoms with van der Waals surface area (Å²) in [4.78, 5) is 5.83. The van der Waals surface area contributed by atoms with E-state index in [9.17, 15) is 0 Å². The van der Waals surface area contributed by atoms with Crippen LogP contribution in [0.1, 0.15) is 40.5 Å². The zero-order valence-electron chi connectivity index (χ0n) is 12.5. The minimum Gasteiger partial charge on any atom is -0.309 e. The number of hydrogen-bond donors (Lipinski definition) is 1. The number of hydrogen-bond acceptors (Lipinski definition) is 3. The molecule has 0 amide bonds. The second-order valence-corrected chi connectivity index (χ2v) is 7.21. The Bertz CT molecular complexity index is 610. The lowest BCUT2D eigenvalue weighted by Crippen LogP contribution is -2.24. The van der Waals surface area contributed by atoms with Gasteiger partial charge in [0.15, 0.2) is 0 Å². The Labute approximate surface area is 140 Å². The molecule has 2 nitrogen and oxygen atoms in total. The first-order valence-corrected chi connectivity index (χ1v) is 8.69. The van der Waals surface area contributed by atoms with Gasteiger partial charge in [0.2, 0.25) is 0 Å². The number of thiazole rings is 1. The van der Waals surface area contributed by atoms with E-state index in [1.165, 1.54) is 4.88 Å². The molecule has 114 valence electrons. The first-order chi connectivity index (χ1) is 10.0. The first-order valence-electron chi connectivity index (χ1n) is 7.12. The maximum atomic E-state index is 6.31. The highest BCUT2D eigenvalue weighted by Crippen LogP contribution is 2.30. The van der Waals surface area contributed by atoms with Crippen LogP contribution in [0.4, 0.5) is 0 Å². The van der Waals surface area contributed by atoms with E-state index in [1.54, 1.807) is 11.3 Å². The minimum absolute atomic E-state index is 0.229. The van der Waals surface area contributed by atoms with Crippen molar-refractivity contribution in [1.82, 2.24) is 10.3 Å². The minimum atomic E-state index is 0.229. The maximum absolute atomic E-state index is 6.31. The molecule has 1 aromatic carbocycles. The van der Waals surface area contributed by atoms with Crippen LogP contribution in [0.2, 0.25) is 10.0 Å². The molecule has 1 heterocycles. The Kier molecular flexibility index (Phi) is 6.06. The van der Waals surface area contributed by atoms with Gasteiger partial charge in [-0.15, -0.1) is 11.3 Å². The summed E-state index contributed by atoms with van der Waals surface area (Å²) in [6.45, 7) is 7.25. The SMILES string of the molecule is CCCNC(Cc1cc(Cl)ccc1Cl)c1sc(C)nc1C. The molecule has 0 saturated carbocycles. The number of aryl methyl sites for hydroxylation is 2. The van der Waals surface area contributed by atoms with Gasteiger partial charge in [-0.3, -0.25) is 0 Å². The number of aromatic nitrogens is 1. The van der Waals surface area contributed by atoms with Crippen molar-refractivity contribution in [3.05, 3.63) is 49.4 Å². The molecule has 0 fully saturated rings. The summed E-state index contributed by atoms with van der Waals surface area (Å²) in [5.41, 5.74) is 2.17. The largest absolute Gasteiger partial charge is 0.309 e. The van der Waals surface area contributed by atoms with Gasteiger partial charge in [-0.05, 0) is 57.0 Å². The predicted octanol–water partition coefficient (Wildman–Crippen LogP) is 5.35. The molecule has 0 spiro atoms. The average molecular weight is 343 g/mol. The smallest absolute Gasteiger partial charge is 0.0900 e. The summed E-state index contributed by atoms with van der Waals surface area (Å²) in [6, 6.07) is 5.87. The average Bonchev–Trinajstić information content (AvgIpc) is 2.77. The van der Waals surface area contributed by atoms with Gasteiger partial charge in [0.1, 0.15) is 0 Å². The topological polar surface area (TPSA) is 24.9 Å². The molecular formula is C16H20Cl2N2S. The van der Waals surface area contributed by atoms with E-state index in [0.29, 0.717) is 0 Å². The molecule has 21 heavy (non-hydrogen) atoms. The number of rotatable bonds is 6. The van der Waals surface area contributed by atoms with Crippen molar-refractivity contribution in [2.75, 3.05) is 6.54 Å². The third-order valence-electron chi connectivity index (χ3n) is 3.33. The predicted molar refractivity (Wildman–Crippen MR) is 92.8 cm³/mol. The standard InChI is InChI=1S/C16H20Cl2N2S/c1-4-7-19-15(16-10(2)20-11(3)21-16)9-12-8-13(17)5-6-14(12)18/h5-6,8,15,19H,4,7,9H2,1-3H3. The van der Waals surface area contributed by atoms with Crippen molar-refractivity contribution in [1.29, 1.82) is 0 Å². The van der Waals surface area contributed by atoms with Gasteiger partial charge in [-0.2, -0.15) is 0 Å². The molecule has 1 unspecified atom stereocenters. The van der Waals surface area contributed by atoms with Crippen molar-refractivity contribution in [3.8, 4) is 0 Å². The Morgan fingerprint density at radius 3 is 2.67 bits per heavy atom. The molecule has 2 aromatic rings. The zero-order chi connectivity index (χ0) is 15.4. The fraction of sp³-hybridized carbons (Fsp3) is 0.438. The normalized spacial score (nSPS) is 12.6. The van der Waals surface area contributed by atoms with Crippen LogP contribution in [-0.4, -0.2) is 11.5 Å². The molecule has 0 aliphatic heterocycles. The molecule has 0 saturated heterocycles. The second-order valence-electron chi connectivity index (χ2n) is 5.13. The summed E-state index contributed by atoms with van der Waals surface area (Å²) in [5.74, 6) is 0. The molecule has 0 aliphatic rings. The molecule has 1 N–H and O–H groups in total. The van der Waals surface area contributed by atoms with E-state index < -0.39 is 0 Å². The van der Waals surface area contributed by atoms with Gasteiger partial charge in [0.05, 0.1) is 10.7 Å². The van der Waals surface area contributed by atoms with E-state index >= 15 is 0 Å². The Hall–Kier alpha value is -0.610. The molecule has 0 bridgehead atoms. The summed E-state index contributed by atoms with van der Waals surface area (Å²) in [6.07, 6.45) is 1.92. The highest BCUT2D eigenvalue weighted by atomic mass is 35.5. The van der Waals surface area contributed by atoms with Crippen molar-refractivity contribution < 1.29 is 0 Å². The number of halogens is 2. The molecule has 2 rings (SSSR count). The first kappa shape index (κ1) is 16.8. The van der Waals surface area contributed by atoms with E-state index in [2.05, 4.69) is 24.1 Å². The molecule has 1 atom stereocenters. The van der Waals surface area contributed by atoms with Gasteiger partial charge in [0, 0.05) is 21.0 Å². The van der Waals surface area contributed by atoms with Gasteiger partial charge in [-0.1, -0.05) is 30.1 Å². The van der Waals surface area contributed by atoms with Gasteiger partial charge >= 0.3 is 0 Å². The summed E-state index contributed by atoms with van der Waals surface area (Å²) >= 11 is 14.2. The van der Waals surface area contributed by atoms with Gasteiger partial charge in [-0.25, -0.2) is 4.98 Å². The highest BCUT2D eigenvalue weighted by molar-refractivity contribution is 7.11. The lowest BCUT2D eigenvalue weighted by atomic mass is 10.0. The van der Waals surface area contributed by atoms with Crippen LogP contribution in [-0.2, 0) is 6.42 Å². The Morgan fingerprint density at radius 2 is 2.05 bits per heavy atom. The number of nitrogens with one attached hydrogen (secondary N) is 1. The quantitative estimate of drug-likeness (QED) is 0.765. The Balaban J connectivity index is 2.28. The van der Waals surface area contributed by atoms with Crippen LogP contribution in [0.25, 0.3) is 0 Å². The molecular weight excluding hydrogens is 323 g/mol. The van der Waals surface area contributed by atoms with Crippen molar-refractivity contribution >= 4 is 34.5 Å². The zero-order valence-corrected chi connectivity index (χ0v) is 14.9. The molecule has 0 radical (unpaired) electrons. The highest BCUT2D eigenvalue weighted by Gasteiger charge is 2.18. The number of nitrogens with zero attached hydrogens (tertiary/aromatic N) is 1. The summed E-state index contributed by atoms with van der Waals surface area (Å²) in [7, 11) is 0. The van der Waals surface area contributed by atoms with Crippen LogP contribution < -0.4 is 5.32 Å². The molecule has 0 aliphatic carbocycles. The van der Waals surface area contributed by atoms with E-state index in [1.807, 2.05) is 25.1 Å². The fourth-order valence-electron chi connectivity index (χ4n) is 2.37. The Morgan fingerprint density at radius 1 is 1.29 bits per heavy atom. The second kappa shape index (κ2) is 7.59. The fourth-order valence-corrected chi connectivity index (χ4v) is 3.76. The van der Waals surface area contributed by atoms with Crippen LogP contribution in [0.3, 0.4) is 0 Å². The molecule has 1 aromatic heterocycles. The lowest BCUT2D eigenvalue weighted by molar-refractivity contribution is 0.534. The third-order valence-corrected chi connectivity index (χ3v) is 5.12. The summed E-state index contributed by atoms with van der Waals surface area (Å²) < 4.78 is 0. The van der Waals surface area contributed by atoms with E-state index in [-0.39, 0.29) is 6.04 Å². The van der Waals surface area contributed by atoms with Crippen LogP contribution in [0, 0.1) is 13.8 Å². The van der Waals surface area contributed by atoms with Crippen LogP contribution in [0.5, 0.6) is 0 Å². The van der Waals surface area contributed by atoms with Crippen molar-refractivity contribution in [2.24, 2.45) is 0 Å². The summed E-state index contributed by atoms with van der Waals surface area (Å²) in [5, 5.41) is 6.19. The van der Waals surface area contributed by atoms with E-state index in [0.717, 1.165) is 45.7 Å². The van der Waals surface area contributed by atoms with Crippen LogP contribution in [0.15, 0.2) is 18.2 Å². The van der Waals surface area contributed by atoms with Crippen molar-refractivity contribution in [3.63, 3.8) is 0 Å². The molecule has 5 heteroatoms. The number of benzene rings is 1. The lowest BCUT2D eigenvalue weighted by Gasteiger charge is -2.19. The van der Waals surface area contributed by atoms with Crippen LogP contribution >= 0.6 is 34.5 Å². The van der Waals surface area contributed by atoms with E-state index in [4.69, 9.17) is 23.2 Å². The van der Waals surface area contributed by atoms with Gasteiger partial charge in [0.25, 0.3) is 0 Å². The monoisotopic (exact) mass is 342 g/mol. The van der Waals surface area contributed by atoms with Gasteiger partial charge < -0.3 is 5.32 Å². The third kappa shape index (κ3) is 4.43. The van der Waals surface area contributed by atoms with Crippen molar-refractivity contribution in [2.45, 2.75) is 39.7 Å². The maximum Gasteiger partial charge on any atom is 0.0900 e.